The number of thiazole rings is 1. The molecule has 21 heavy (non-hydrogen) atoms. The molecule has 1 N–H and O–H groups in total. The van der Waals surface area contributed by atoms with Gasteiger partial charge in [-0.1, -0.05) is 45.0 Å². The van der Waals surface area contributed by atoms with Crippen molar-refractivity contribution in [1.82, 2.24) is 10.3 Å². The van der Waals surface area contributed by atoms with Gasteiger partial charge in [0.15, 0.2) is 0 Å². The van der Waals surface area contributed by atoms with Crippen molar-refractivity contribution in [1.29, 1.82) is 0 Å². The first-order chi connectivity index (χ1) is 10.0. The smallest absolute Gasteiger partial charge is 0.115 e. The fourth-order valence-electron chi connectivity index (χ4n) is 2.65. The SMILES string of the molecule is CCc1nc(C(NC)c2ccc(CC(C)C)cc2)sc1C. The van der Waals surface area contributed by atoms with Crippen LogP contribution in [0.4, 0.5) is 0 Å². The van der Waals surface area contributed by atoms with E-state index >= 15 is 0 Å². The van der Waals surface area contributed by atoms with Crippen molar-refractivity contribution in [2.24, 2.45) is 5.92 Å². The van der Waals surface area contributed by atoms with E-state index in [2.05, 4.69) is 57.3 Å². The third kappa shape index (κ3) is 3.92. The molecular weight excluding hydrogens is 276 g/mol. The van der Waals surface area contributed by atoms with Crippen LogP contribution in [0.5, 0.6) is 0 Å². The van der Waals surface area contributed by atoms with Gasteiger partial charge in [-0.3, -0.25) is 0 Å². The molecule has 2 aromatic rings. The van der Waals surface area contributed by atoms with Crippen molar-refractivity contribution in [3.8, 4) is 0 Å². The summed E-state index contributed by atoms with van der Waals surface area (Å²) in [5.41, 5.74) is 3.93. The molecule has 1 aromatic carbocycles. The normalized spacial score (nSPS) is 12.9. The van der Waals surface area contributed by atoms with Crippen LogP contribution in [0, 0.1) is 12.8 Å². The third-order valence-electron chi connectivity index (χ3n) is 3.74. The predicted octanol–water partition coefficient (Wildman–Crippen LogP) is 4.52. The molecule has 0 aliphatic heterocycles. The highest BCUT2D eigenvalue weighted by atomic mass is 32.1. The van der Waals surface area contributed by atoms with Crippen molar-refractivity contribution in [3.05, 3.63) is 51.0 Å². The number of nitrogens with zero attached hydrogens (tertiary/aromatic N) is 1. The van der Waals surface area contributed by atoms with Crippen molar-refractivity contribution in [2.45, 2.75) is 46.6 Å². The van der Waals surface area contributed by atoms with Crippen LogP contribution < -0.4 is 5.32 Å². The highest BCUT2D eigenvalue weighted by Crippen LogP contribution is 2.28. The summed E-state index contributed by atoms with van der Waals surface area (Å²) >= 11 is 1.81. The molecule has 0 aliphatic carbocycles. The van der Waals surface area contributed by atoms with Crippen LogP contribution in [-0.4, -0.2) is 12.0 Å². The zero-order chi connectivity index (χ0) is 15.4. The van der Waals surface area contributed by atoms with E-state index in [0.29, 0.717) is 5.92 Å². The van der Waals surface area contributed by atoms with Gasteiger partial charge in [-0.2, -0.15) is 0 Å². The quantitative estimate of drug-likeness (QED) is 0.848. The Bertz CT molecular complexity index is 569. The van der Waals surface area contributed by atoms with Crippen LogP contribution in [-0.2, 0) is 12.8 Å². The van der Waals surface area contributed by atoms with Crippen LogP contribution in [0.3, 0.4) is 0 Å². The summed E-state index contributed by atoms with van der Waals surface area (Å²) in [7, 11) is 2.01. The molecular formula is C18H26N2S. The van der Waals surface area contributed by atoms with Crippen molar-refractivity contribution < 1.29 is 0 Å². The van der Waals surface area contributed by atoms with E-state index in [1.165, 1.54) is 26.7 Å². The second-order valence-electron chi connectivity index (χ2n) is 5.97. The molecule has 1 atom stereocenters. The van der Waals surface area contributed by atoms with Gasteiger partial charge in [0.2, 0.25) is 0 Å². The van der Waals surface area contributed by atoms with Gasteiger partial charge in [0.1, 0.15) is 5.01 Å². The van der Waals surface area contributed by atoms with Crippen molar-refractivity contribution in [3.63, 3.8) is 0 Å². The number of nitrogens with one attached hydrogen (secondary N) is 1. The van der Waals surface area contributed by atoms with E-state index in [4.69, 9.17) is 4.98 Å². The summed E-state index contributed by atoms with van der Waals surface area (Å²) in [5.74, 6) is 0.699. The van der Waals surface area contributed by atoms with Gasteiger partial charge in [-0.15, -0.1) is 11.3 Å². The van der Waals surface area contributed by atoms with Crippen LogP contribution in [0.15, 0.2) is 24.3 Å². The topological polar surface area (TPSA) is 24.9 Å². The zero-order valence-electron chi connectivity index (χ0n) is 13.7. The number of hydrogen-bond acceptors (Lipinski definition) is 3. The molecule has 0 saturated carbocycles. The molecule has 2 rings (SSSR count). The van der Waals surface area contributed by atoms with Crippen molar-refractivity contribution in [2.75, 3.05) is 7.05 Å². The molecule has 3 heteroatoms. The first-order valence-electron chi connectivity index (χ1n) is 7.77. The zero-order valence-corrected chi connectivity index (χ0v) is 14.6. The van der Waals surface area contributed by atoms with Crippen molar-refractivity contribution >= 4 is 11.3 Å². The molecule has 114 valence electrons. The van der Waals surface area contributed by atoms with E-state index in [1.807, 2.05) is 18.4 Å². The molecule has 0 spiro atoms. The fourth-order valence-corrected chi connectivity index (χ4v) is 3.80. The number of aryl methyl sites for hydroxylation is 2. The van der Waals surface area contributed by atoms with Crippen LogP contribution >= 0.6 is 11.3 Å². The molecule has 0 saturated heterocycles. The number of aromatic nitrogens is 1. The molecule has 1 aromatic heterocycles. The first kappa shape index (κ1) is 16.2. The fraction of sp³-hybridized carbons (Fsp3) is 0.500. The van der Waals surface area contributed by atoms with Gasteiger partial charge in [-0.05, 0) is 43.9 Å². The van der Waals surface area contributed by atoms with Crippen LogP contribution in [0.1, 0.15) is 53.5 Å². The van der Waals surface area contributed by atoms with Gasteiger partial charge in [0.05, 0.1) is 11.7 Å². The maximum absolute atomic E-state index is 4.80. The lowest BCUT2D eigenvalue weighted by atomic mass is 9.99. The maximum Gasteiger partial charge on any atom is 0.115 e. The molecule has 0 aliphatic rings. The Morgan fingerprint density at radius 1 is 1.19 bits per heavy atom. The highest BCUT2D eigenvalue weighted by Gasteiger charge is 2.17. The average Bonchev–Trinajstić information content (AvgIpc) is 2.82. The van der Waals surface area contributed by atoms with Gasteiger partial charge < -0.3 is 5.32 Å². The Labute approximate surface area is 132 Å². The second kappa shape index (κ2) is 7.19. The lowest BCUT2D eigenvalue weighted by Crippen LogP contribution is -2.17. The number of benzene rings is 1. The number of hydrogen-bond donors (Lipinski definition) is 1. The minimum atomic E-state index is 0.196. The van der Waals surface area contributed by atoms with E-state index in [9.17, 15) is 0 Å². The second-order valence-corrected chi connectivity index (χ2v) is 7.20. The summed E-state index contributed by atoms with van der Waals surface area (Å²) in [5, 5.41) is 4.58. The van der Waals surface area contributed by atoms with E-state index in [0.717, 1.165) is 12.8 Å². The van der Waals surface area contributed by atoms with Gasteiger partial charge in [-0.25, -0.2) is 4.98 Å². The number of rotatable bonds is 6. The van der Waals surface area contributed by atoms with Gasteiger partial charge in [0.25, 0.3) is 0 Å². The Morgan fingerprint density at radius 2 is 1.86 bits per heavy atom. The third-order valence-corrected chi connectivity index (χ3v) is 4.81. The maximum atomic E-state index is 4.80. The molecule has 1 unspecified atom stereocenters. The molecule has 2 nitrogen and oxygen atoms in total. The van der Waals surface area contributed by atoms with E-state index in [-0.39, 0.29) is 6.04 Å². The Kier molecular flexibility index (Phi) is 5.54. The Morgan fingerprint density at radius 3 is 2.33 bits per heavy atom. The molecule has 0 bridgehead atoms. The molecule has 0 fully saturated rings. The van der Waals surface area contributed by atoms with Gasteiger partial charge in [0, 0.05) is 4.88 Å². The largest absolute Gasteiger partial charge is 0.307 e. The van der Waals surface area contributed by atoms with Crippen LogP contribution in [0.25, 0.3) is 0 Å². The minimum absolute atomic E-state index is 0.196. The molecule has 1 heterocycles. The first-order valence-corrected chi connectivity index (χ1v) is 8.59. The van der Waals surface area contributed by atoms with E-state index in [1.54, 1.807) is 0 Å². The minimum Gasteiger partial charge on any atom is -0.307 e. The predicted molar refractivity (Wildman–Crippen MR) is 92.1 cm³/mol. The molecule has 0 radical (unpaired) electrons. The Hall–Kier alpha value is -1.19. The summed E-state index contributed by atoms with van der Waals surface area (Å²) in [6.07, 6.45) is 2.15. The average molecular weight is 302 g/mol. The Balaban J connectivity index is 2.24. The monoisotopic (exact) mass is 302 g/mol. The highest BCUT2D eigenvalue weighted by molar-refractivity contribution is 7.11. The van der Waals surface area contributed by atoms with E-state index < -0.39 is 0 Å². The van der Waals surface area contributed by atoms with Gasteiger partial charge >= 0.3 is 0 Å². The summed E-state index contributed by atoms with van der Waals surface area (Å²) in [6.45, 7) is 8.85. The lowest BCUT2D eigenvalue weighted by Gasteiger charge is -2.15. The van der Waals surface area contributed by atoms with Crippen LogP contribution in [0.2, 0.25) is 0 Å². The summed E-state index contributed by atoms with van der Waals surface area (Å²) in [6, 6.07) is 9.17. The lowest BCUT2D eigenvalue weighted by molar-refractivity contribution is 0.645. The summed E-state index contributed by atoms with van der Waals surface area (Å²) < 4.78 is 0. The summed E-state index contributed by atoms with van der Waals surface area (Å²) in [4.78, 5) is 6.14. The molecule has 0 amide bonds. The standard InChI is InChI=1S/C18H26N2S/c1-6-16-13(4)21-18(20-16)17(19-5)15-9-7-14(8-10-15)11-12(2)3/h7-10,12,17,19H,6,11H2,1-5H3.